The van der Waals surface area contributed by atoms with E-state index in [1.54, 1.807) is 0 Å². The fraction of sp³-hybridized carbons (Fsp3) is 0.385. The van der Waals surface area contributed by atoms with Crippen LogP contribution in [0.5, 0.6) is 0 Å². The molecule has 1 amide bonds. The molecule has 3 heterocycles. The van der Waals surface area contributed by atoms with Gasteiger partial charge in [0, 0.05) is 63.3 Å². The lowest BCUT2D eigenvalue weighted by atomic mass is 10.0. The molecular formula is C26H33ClN6O. The first kappa shape index (κ1) is 24.1. The molecule has 0 spiro atoms. The third kappa shape index (κ3) is 3.93. The molecule has 5 rings (SSSR count). The Morgan fingerprint density at radius 3 is 2.68 bits per heavy atom. The van der Waals surface area contributed by atoms with Gasteiger partial charge in [0.05, 0.1) is 22.4 Å². The molecule has 8 heteroatoms. The molecular weight excluding hydrogens is 448 g/mol. The zero-order valence-corrected chi connectivity index (χ0v) is 21.1. The van der Waals surface area contributed by atoms with E-state index < -0.39 is 0 Å². The minimum absolute atomic E-state index is 0. The minimum Gasteiger partial charge on any atom is -0.376 e. The number of carbonyl (C=O) groups excluding carboxylic acids is 1. The maximum absolute atomic E-state index is 13.4. The molecule has 1 fully saturated rings. The van der Waals surface area contributed by atoms with Crippen molar-refractivity contribution in [1.82, 2.24) is 19.0 Å². The summed E-state index contributed by atoms with van der Waals surface area (Å²) in [6, 6.07) is 14.6. The SMILES string of the molecule is CCn1c(-c2nc3cc(C(=O)N4CCC[C@@H](N)C4)cc(N(C)C)c3n2C)cc2ccccc21.Cl. The lowest BCUT2D eigenvalue weighted by Gasteiger charge is -2.31. The van der Waals surface area contributed by atoms with E-state index >= 15 is 0 Å². The molecule has 1 aliphatic heterocycles. The van der Waals surface area contributed by atoms with Crippen LogP contribution in [-0.4, -0.2) is 58.2 Å². The van der Waals surface area contributed by atoms with Crippen LogP contribution in [0.3, 0.4) is 0 Å². The van der Waals surface area contributed by atoms with Gasteiger partial charge in [-0.25, -0.2) is 4.98 Å². The van der Waals surface area contributed by atoms with Crippen LogP contribution in [0.4, 0.5) is 5.69 Å². The normalized spacial score (nSPS) is 16.1. The zero-order chi connectivity index (χ0) is 23.3. The van der Waals surface area contributed by atoms with Crippen LogP contribution in [-0.2, 0) is 13.6 Å². The maximum atomic E-state index is 13.4. The average Bonchev–Trinajstić information content (AvgIpc) is 3.35. The van der Waals surface area contributed by atoms with Gasteiger partial charge in [0.2, 0.25) is 0 Å². The number of halogens is 1. The van der Waals surface area contributed by atoms with Crippen LogP contribution in [0, 0.1) is 0 Å². The lowest BCUT2D eigenvalue weighted by molar-refractivity contribution is 0.0709. The molecule has 0 saturated carbocycles. The number of benzene rings is 2. The summed E-state index contributed by atoms with van der Waals surface area (Å²) in [5.74, 6) is 0.931. The Hall–Kier alpha value is -3.03. The van der Waals surface area contributed by atoms with Crippen LogP contribution in [0.2, 0.25) is 0 Å². The van der Waals surface area contributed by atoms with Crippen LogP contribution in [0.1, 0.15) is 30.1 Å². The van der Waals surface area contributed by atoms with E-state index in [0.717, 1.165) is 54.2 Å². The molecule has 0 radical (unpaired) electrons. The molecule has 7 nitrogen and oxygen atoms in total. The smallest absolute Gasteiger partial charge is 0.254 e. The predicted molar refractivity (Wildman–Crippen MR) is 142 cm³/mol. The second-order valence-corrected chi connectivity index (χ2v) is 9.24. The van der Waals surface area contributed by atoms with Crippen molar-refractivity contribution in [2.75, 3.05) is 32.1 Å². The predicted octanol–water partition coefficient (Wildman–Crippen LogP) is 4.27. The molecule has 1 aliphatic rings. The van der Waals surface area contributed by atoms with Crippen molar-refractivity contribution >= 4 is 45.9 Å². The molecule has 4 aromatic rings. The van der Waals surface area contributed by atoms with E-state index in [9.17, 15) is 4.79 Å². The van der Waals surface area contributed by atoms with Gasteiger partial charge >= 0.3 is 0 Å². The number of aryl methyl sites for hydroxylation is 2. The summed E-state index contributed by atoms with van der Waals surface area (Å²) in [7, 11) is 6.07. The van der Waals surface area contributed by atoms with Crippen molar-refractivity contribution in [2.24, 2.45) is 12.8 Å². The van der Waals surface area contributed by atoms with E-state index in [0.29, 0.717) is 12.1 Å². The van der Waals surface area contributed by atoms with Gasteiger partial charge in [-0.3, -0.25) is 4.79 Å². The van der Waals surface area contributed by atoms with Crippen molar-refractivity contribution in [3.8, 4) is 11.5 Å². The number of hydrogen-bond acceptors (Lipinski definition) is 4. The Bertz CT molecular complexity index is 1350. The van der Waals surface area contributed by atoms with Crippen LogP contribution in [0.25, 0.3) is 33.5 Å². The third-order valence-electron chi connectivity index (χ3n) is 6.78. The Balaban J connectivity index is 0.00000274. The summed E-state index contributed by atoms with van der Waals surface area (Å²) in [5, 5.41) is 1.20. The summed E-state index contributed by atoms with van der Waals surface area (Å²) >= 11 is 0. The number of nitrogens with zero attached hydrogens (tertiary/aromatic N) is 5. The fourth-order valence-electron chi connectivity index (χ4n) is 5.13. The largest absolute Gasteiger partial charge is 0.376 e. The van der Waals surface area contributed by atoms with Gasteiger partial charge in [0.1, 0.15) is 0 Å². The van der Waals surface area contributed by atoms with E-state index in [1.165, 1.54) is 10.9 Å². The quantitative estimate of drug-likeness (QED) is 0.473. The van der Waals surface area contributed by atoms with Gasteiger partial charge in [-0.1, -0.05) is 18.2 Å². The first-order valence-corrected chi connectivity index (χ1v) is 11.7. The molecule has 0 bridgehead atoms. The number of rotatable bonds is 4. The summed E-state index contributed by atoms with van der Waals surface area (Å²) in [6.45, 7) is 4.37. The van der Waals surface area contributed by atoms with E-state index in [1.807, 2.05) is 31.1 Å². The number of carbonyl (C=O) groups is 1. The summed E-state index contributed by atoms with van der Waals surface area (Å²) in [5.41, 5.74) is 11.9. The van der Waals surface area contributed by atoms with E-state index in [2.05, 4.69) is 58.3 Å². The second kappa shape index (κ2) is 9.31. The summed E-state index contributed by atoms with van der Waals surface area (Å²) in [6.07, 6.45) is 1.92. The molecule has 2 aromatic carbocycles. The summed E-state index contributed by atoms with van der Waals surface area (Å²) in [4.78, 5) is 22.3. The topological polar surface area (TPSA) is 72.3 Å². The number of para-hydroxylation sites is 1. The summed E-state index contributed by atoms with van der Waals surface area (Å²) < 4.78 is 4.45. The highest BCUT2D eigenvalue weighted by Crippen LogP contribution is 2.34. The molecule has 2 aromatic heterocycles. The van der Waals surface area contributed by atoms with Crippen molar-refractivity contribution < 1.29 is 4.79 Å². The van der Waals surface area contributed by atoms with Crippen molar-refractivity contribution in [1.29, 1.82) is 0 Å². The Kier molecular flexibility index (Phi) is 6.60. The van der Waals surface area contributed by atoms with E-state index in [4.69, 9.17) is 10.7 Å². The molecule has 180 valence electrons. The van der Waals surface area contributed by atoms with Crippen molar-refractivity contribution in [2.45, 2.75) is 32.4 Å². The van der Waals surface area contributed by atoms with Gasteiger partial charge in [0.15, 0.2) is 5.82 Å². The number of piperidine rings is 1. The number of anilines is 1. The van der Waals surface area contributed by atoms with Crippen LogP contribution >= 0.6 is 12.4 Å². The molecule has 1 atom stereocenters. The van der Waals surface area contributed by atoms with Gasteiger partial charge in [-0.15, -0.1) is 12.4 Å². The molecule has 1 saturated heterocycles. The number of aromatic nitrogens is 3. The number of imidazole rings is 1. The minimum atomic E-state index is 0. The Morgan fingerprint density at radius 1 is 1.21 bits per heavy atom. The zero-order valence-electron chi connectivity index (χ0n) is 20.3. The highest BCUT2D eigenvalue weighted by atomic mass is 35.5. The lowest BCUT2D eigenvalue weighted by Crippen LogP contribution is -2.45. The van der Waals surface area contributed by atoms with Gasteiger partial charge in [-0.05, 0) is 44.0 Å². The number of amides is 1. The Labute approximate surface area is 206 Å². The van der Waals surface area contributed by atoms with Gasteiger partial charge < -0.3 is 24.7 Å². The van der Waals surface area contributed by atoms with Crippen molar-refractivity contribution in [3.05, 3.63) is 48.0 Å². The molecule has 34 heavy (non-hydrogen) atoms. The maximum Gasteiger partial charge on any atom is 0.254 e. The number of likely N-dealkylation sites (tertiary alicyclic amines) is 1. The monoisotopic (exact) mass is 480 g/mol. The second-order valence-electron chi connectivity index (χ2n) is 9.24. The van der Waals surface area contributed by atoms with Crippen LogP contribution in [0.15, 0.2) is 42.5 Å². The molecule has 2 N–H and O–H groups in total. The first-order chi connectivity index (χ1) is 15.9. The number of nitrogens with two attached hydrogens (primary N) is 1. The third-order valence-corrected chi connectivity index (χ3v) is 6.78. The molecule has 0 unspecified atom stereocenters. The van der Waals surface area contributed by atoms with Crippen molar-refractivity contribution in [3.63, 3.8) is 0 Å². The van der Waals surface area contributed by atoms with Crippen LogP contribution < -0.4 is 10.6 Å². The van der Waals surface area contributed by atoms with E-state index in [-0.39, 0.29) is 24.4 Å². The fourth-order valence-corrected chi connectivity index (χ4v) is 5.13. The van der Waals surface area contributed by atoms with Gasteiger partial charge in [0.25, 0.3) is 5.91 Å². The highest BCUT2D eigenvalue weighted by Gasteiger charge is 2.25. The Morgan fingerprint density at radius 2 is 1.97 bits per heavy atom. The number of fused-ring (bicyclic) bond motifs is 2. The average molecular weight is 481 g/mol. The number of hydrogen-bond donors (Lipinski definition) is 1. The molecule has 0 aliphatic carbocycles. The van der Waals surface area contributed by atoms with Gasteiger partial charge in [-0.2, -0.15) is 0 Å². The highest BCUT2D eigenvalue weighted by molar-refractivity contribution is 6.02. The standard InChI is InChI=1S/C26H32N6O.ClH/c1-5-32-21-11-7-6-9-17(21)14-23(32)25-28-20-13-18(15-22(29(2)3)24(20)30(25)4)26(33)31-12-8-10-19(27)16-31;/h6-7,9,11,13-15,19H,5,8,10,12,16,27H2,1-4H3;1H/t19-;/m1./s1. The first-order valence-electron chi connectivity index (χ1n) is 11.7.